The summed E-state index contributed by atoms with van der Waals surface area (Å²) in [6.45, 7) is 4.47. The monoisotopic (exact) mass is 198 g/mol. The van der Waals surface area contributed by atoms with Crippen LogP contribution in [0, 0.1) is 0 Å². The van der Waals surface area contributed by atoms with Crippen molar-refractivity contribution < 1.29 is 0 Å². The Balaban J connectivity index is 2.10. The van der Waals surface area contributed by atoms with Gasteiger partial charge in [-0.25, -0.2) is 0 Å². The lowest BCUT2D eigenvalue weighted by molar-refractivity contribution is 0.289. The van der Waals surface area contributed by atoms with E-state index in [1.165, 1.54) is 38.8 Å². The molecule has 0 spiro atoms. The quantitative estimate of drug-likeness (QED) is 0.510. The Labute approximate surface area is 86.6 Å². The van der Waals surface area contributed by atoms with Crippen molar-refractivity contribution in [1.29, 1.82) is 0 Å². The van der Waals surface area contributed by atoms with Gasteiger partial charge in [0.25, 0.3) is 0 Å². The van der Waals surface area contributed by atoms with E-state index in [4.69, 9.17) is 5.73 Å². The number of rotatable bonds is 3. The van der Waals surface area contributed by atoms with Crippen LogP contribution in [0.1, 0.15) is 25.7 Å². The standard InChI is InChI=1S/C10H22N4/c1-12-10(11)13-6-9-14-7-4-2-3-5-8-14/h2-9H2,1H3,(H3,11,12,13). The van der Waals surface area contributed by atoms with Crippen LogP contribution in [0.2, 0.25) is 0 Å². The molecule has 0 saturated carbocycles. The van der Waals surface area contributed by atoms with Gasteiger partial charge in [-0.2, -0.15) is 0 Å². The van der Waals surface area contributed by atoms with Crippen molar-refractivity contribution in [2.24, 2.45) is 10.7 Å². The van der Waals surface area contributed by atoms with Gasteiger partial charge in [0.2, 0.25) is 0 Å². The molecule has 0 aromatic heterocycles. The second-order valence-corrected chi connectivity index (χ2v) is 3.79. The average molecular weight is 198 g/mol. The molecule has 0 bridgehead atoms. The number of nitrogens with one attached hydrogen (secondary N) is 1. The normalized spacial score (nSPS) is 20.5. The number of guanidine groups is 1. The van der Waals surface area contributed by atoms with Crippen molar-refractivity contribution in [3.63, 3.8) is 0 Å². The van der Waals surface area contributed by atoms with Crippen LogP contribution >= 0.6 is 0 Å². The minimum Gasteiger partial charge on any atom is -0.370 e. The van der Waals surface area contributed by atoms with Crippen molar-refractivity contribution in [3.05, 3.63) is 0 Å². The van der Waals surface area contributed by atoms with Gasteiger partial charge in [-0.05, 0) is 25.9 Å². The van der Waals surface area contributed by atoms with Gasteiger partial charge in [0.15, 0.2) is 5.96 Å². The summed E-state index contributed by atoms with van der Waals surface area (Å²) in [5, 5.41) is 3.09. The molecule has 0 radical (unpaired) electrons. The zero-order chi connectivity index (χ0) is 10.2. The van der Waals surface area contributed by atoms with E-state index < -0.39 is 0 Å². The fourth-order valence-corrected chi connectivity index (χ4v) is 1.78. The Kier molecular flexibility index (Phi) is 5.37. The topological polar surface area (TPSA) is 53.6 Å². The second-order valence-electron chi connectivity index (χ2n) is 3.79. The van der Waals surface area contributed by atoms with Crippen LogP contribution in [0.5, 0.6) is 0 Å². The van der Waals surface area contributed by atoms with Crippen molar-refractivity contribution >= 4 is 5.96 Å². The molecule has 0 amide bonds. The van der Waals surface area contributed by atoms with Crippen LogP contribution in [-0.4, -0.2) is 44.1 Å². The van der Waals surface area contributed by atoms with Crippen LogP contribution in [0.15, 0.2) is 4.99 Å². The zero-order valence-corrected chi connectivity index (χ0v) is 9.13. The molecule has 4 nitrogen and oxygen atoms in total. The average Bonchev–Trinajstić information content (AvgIpc) is 2.46. The van der Waals surface area contributed by atoms with Gasteiger partial charge >= 0.3 is 0 Å². The Morgan fingerprint density at radius 2 is 1.93 bits per heavy atom. The van der Waals surface area contributed by atoms with E-state index in [9.17, 15) is 0 Å². The number of hydrogen-bond acceptors (Lipinski definition) is 2. The molecule has 1 aliphatic heterocycles. The molecule has 1 rings (SSSR count). The highest BCUT2D eigenvalue weighted by Crippen LogP contribution is 2.08. The van der Waals surface area contributed by atoms with E-state index in [-0.39, 0.29) is 0 Å². The van der Waals surface area contributed by atoms with Crippen LogP contribution < -0.4 is 11.1 Å². The molecule has 82 valence electrons. The maximum Gasteiger partial charge on any atom is 0.188 e. The van der Waals surface area contributed by atoms with E-state index in [1.807, 2.05) is 0 Å². The minimum atomic E-state index is 0.542. The summed E-state index contributed by atoms with van der Waals surface area (Å²) in [4.78, 5) is 6.36. The van der Waals surface area contributed by atoms with Crippen molar-refractivity contribution in [3.8, 4) is 0 Å². The summed E-state index contributed by atoms with van der Waals surface area (Å²) < 4.78 is 0. The summed E-state index contributed by atoms with van der Waals surface area (Å²) in [7, 11) is 1.70. The highest BCUT2D eigenvalue weighted by molar-refractivity contribution is 5.77. The summed E-state index contributed by atoms with van der Waals surface area (Å²) in [6, 6.07) is 0. The predicted molar refractivity (Wildman–Crippen MR) is 60.5 cm³/mol. The summed E-state index contributed by atoms with van der Waals surface area (Å²) in [5.41, 5.74) is 5.54. The third-order valence-electron chi connectivity index (χ3n) is 2.67. The minimum absolute atomic E-state index is 0.542. The van der Waals surface area contributed by atoms with Crippen LogP contribution in [0.4, 0.5) is 0 Å². The third kappa shape index (κ3) is 4.46. The lowest BCUT2D eigenvalue weighted by atomic mass is 10.2. The number of likely N-dealkylation sites (tertiary alicyclic amines) is 1. The molecule has 0 aliphatic carbocycles. The summed E-state index contributed by atoms with van der Waals surface area (Å²) in [5.74, 6) is 0.542. The molecule has 1 fully saturated rings. The van der Waals surface area contributed by atoms with E-state index in [2.05, 4.69) is 15.2 Å². The number of nitrogens with two attached hydrogens (primary N) is 1. The largest absolute Gasteiger partial charge is 0.370 e. The number of hydrogen-bond donors (Lipinski definition) is 2. The first-order chi connectivity index (χ1) is 6.83. The molecule has 3 N–H and O–H groups in total. The Morgan fingerprint density at radius 1 is 1.29 bits per heavy atom. The maximum atomic E-state index is 5.54. The molecule has 4 heteroatoms. The number of nitrogens with zero attached hydrogens (tertiary/aromatic N) is 2. The van der Waals surface area contributed by atoms with Gasteiger partial charge in [0.05, 0.1) is 0 Å². The Hall–Kier alpha value is -0.770. The van der Waals surface area contributed by atoms with Gasteiger partial charge in [0.1, 0.15) is 0 Å². The third-order valence-corrected chi connectivity index (χ3v) is 2.67. The van der Waals surface area contributed by atoms with E-state index >= 15 is 0 Å². The first kappa shape index (κ1) is 11.3. The highest BCUT2D eigenvalue weighted by atomic mass is 15.2. The van der Waals surface area contributed by atoms with E-state index in [0.29, 0.717) is 5.96 Å². The van der Waals surface area contributed by atoms with Gasteiger partial charge in [-0.1, -0.05) is 12.8 Å². The molecule has 14 heavy (non-hydrogen) atoms. The van der Waals surface area contributed by atoms with Crippen molar-refractivity contribution in [1.82, 2.24) is 10.2 Å². The molecule has 0 aromatic rings. The zero-order valence-electron chi connectivity index (χ0n) is 9.13. The van der Waals surface area contributed by atoms with Gasteiger partial charge in [0, 0.05) is 20.1 Å². The highest BCUT2D eigenvalue weighted by Gasteiger charge is 2.07. The van der Waals surface area contributed by atoms with Crippen LogP contribution in [0.25, 0.3) is 0 Å². The smallest absolute Gasteiger partial charge is 0.188 e. The number of aliphatic imine (C=N–C) groups is 1. The Bertz CT molecular complexity index is 171. The van der Waals surface area contributed by atoms with Gasteiger partial charge in [-0.15, -0.1) is 0 Å². The first-order valence-corrected chi connectivity index (χ1v) is 5.51. The molecule has 1 aliphatic rings. The fourth-order valence-electron chi connectivity index (χ4n) is 1.78. The van der Waals surface area contributed by atoms with E-state index in [1.54, 1.807) is 7.05 Å². The predicted octanol–water partition coefficient (Wildman–Crippen LogP) is 0.397. The fraction of sp³-hybridized carbons (Fsp3) is 0.900. The summed E-state index contributed by atoms with van der Waals surface area (Å²) in [6.07, 6.45) is 5.47. The van der Waals surface area contributed by atoms with E-state index in [0.717, 1.165) is 13.1 Å². The lowest BCUT2D eigenvalue weighted by Gasteiger charge is -2.19. The second kappa shape index (κ2) is 6.65. The van der Waals surface area contributed by atoms with Crippen molar-refractivity contribution in [2.75, 3.05) is 33.2 Å². The molecule has 0 atom stereocenters. The lowest BCUT2D eigenvalue weighted by Crippen LogP contribution is -2.38. The molecule has 0 aromatic carbocycles. The summed E-state index contributed by atoms with van der Waals surface area (Å²) >= 11 is 0. The SMILES string of the molecule is CN=C(N)NCCN1CCCCCC1. The van der Waals surface area contributed by atoms with Crippen molar-refractivity contribution in [2.45, 2.75) is 25.7 Å². The van der Waals surface area contributed by atoms with Crippen LogP contribution in [-0.2, 0) is 0 Å². The Morgan fingerprint density at radius 3 is 2.50 bits per heavy atom. The molecular weight excluding hydrogens is 176 g/mol. The van der Waals surface area contributed by atoms with Gasteiger partial charge in [-0.3, -0.25) is 4.99 Å². The van der Waals surface area contributed by atoms with Crippen LogP contribution in [0.3, 0.4) is 0 Å². The molecule has 1 saturated heterocycles. The molecule has 0 unspecified atom stereocenters. The molecule has 1 heterocycles. The first-order valence-electron chi connectivity index (χ1n) is 5.51. The maximum absolute atomic E-state index is 5.54. The molecular formula is C10H22N4. The van der Waals surface area contributed by atoms with Gasteiger partial charge < -0.3 is 16.0 Å².